The molecule has 1 unspecified atom stereocenters. The Morgan fingerprint density at radius 1 is 1.02 bits per heavy atom. The summed E-state index contributed by atoms with van der Waals surface area (Å²) >= 11 is 0. The Bertz CT molecular complexity index is 1260. The Balaban J connectivity index is 1.30. The Kier molecular flexibility index (Phi) is 11.3. The standard InChI is InChI=1S/C35H52O9S/c1-22-17-26(14-15-29-23(2)18-25(41-29)11-10-16-36)42-30(24(22)3)19-31-28(21-45(37,38)27-12-8-7-9-13-27)33(39-6)34(43-31)32-20-40-35(4,5)44-32/h7-9,12-13,22,25-26,28-34,36H,2-3,10-11,14-21H2,1,4-6H3/t22-,25+,26+,28+,29+,30-,31+,32?,33-,34-/m1/s1. The Hall–Kier alpha value is -1.63. The fraction of sp³-hybridized carbons (Fsp3) is 0.714. The molecule has 4 aliphatic rings. The highest BCUT2D eigenvalue weighted by molar-refractivity contribution is 7.91. The number of aliphatic hydroxyl groups excluding tert-OH is 1. The van der Waals surface area contributed by atoms with Crippen molar-refractivity contribution in [2.45, 2.75) is 125 Å². The molecule has 4 aliphatic heterocycles. The highest BCUT2D eigenvalue weighted by Crippen LogP contribution is 2.42. The lowest BCUT2D eigenvalue weighted by molar-refractivity contribution is -0.164. The second-order valence-electron chi connectivity index (χ2n) is 13.7. The van der Waals surface area contributed by atoms with Gasteiger partial charge in [-0.25, -0.2) is 8.42 Å². The molecule has 1 aromatic rings. The number of methoxy groups -OCH3 is 1. The van der Waals surface area contributed by atoms with Crippen LogP contribution in [0.15, 0.2) is 59.5 Å². The van der Waals surface area contributed by atoms with E-state index >= 15 is 0 Å². The van der Waals surface area contributed by atoms with Gasteiger partial charge in [0.25, 0.3) is 0 Å². The summed E-state index contributed by atoms with van der Waals surface area (Å²) in [5.74, 6) is -1.08. The van der Waals surface area contributed by atoms with Crippen LogP contribution in [0.3, 0.4) is 0 Å². The van der Waals surface area contributed by atoms with Crippen molar-refractivity contribution in [1.29, 1.82) is 0 Å². The fourth-order valence-corrected chi connectivity index (χ4v) is 9.15. The van der Waals surface area contributed by atoms with E-state index in [1.165, 1.54) is 0 Å². The zero-order chi connectivity index (χ0) is 32.4. The fourth-order valence-electron chi connectivity index (χ4n) is 7.47. The molecule has 0 aromatic heterocycles. The van der Waals surface area contributed by atoms with Crippen LogP contribution in [0.1, 0.15) is 65.7 Å². The maximum Gasteiger partial charge on any atom is 0.178 e. The smallest absolute Gasteiger partial charge is 0.178 e. The second kappa shape index (κ2) is 14.6. The number of benzene rings is 1. The van der Waals surface area contributed by atoms with Gasteiger partial charge in [0.05, 0.1) is 53.9 Å². The highest BCUT2D eigenvalue weighted by Gasteiger charge is 2.53. The van der Waals surface area contributed by atoms with Gasteiger partial charge in [0.15, 0.2) is 15.6 Å². The number of ether oxygens (including phenoxy) is 6. The first-order valence-electron chi connectivity index (χ1n) is 16.5. The van der Waals surface area contributed by atoms with Crippen LogP contribution in [0.2, 0.25) is 0 Å². The minimum absolute atomic E-state index is 0.00279. The van der Waals surface area contributed by atoms with E-state index in [-0.39, 0.29) is 53.7 Å². The summed E-state index contributed by atoms with van der Waals surface area (Å²) in [6.45, 7) is 15.1. The predicted molar refractivity (Wildman–Crippen MR) is 171 cm³/mol. The first kappa shape index (κ1) is 34.7. The van der Waals surface area contributed by atoms with E-state index in [0.717, 1.165) is 49.7 Å². The average molecular weight is 649 g/mol. The topological polar surface area (TPSA) is 110 Å². The molecule has 0 amide bonds. The molecule has 0 bridgehead atoms. The van der Waals surface area contributed by atoms with Gasteiger partial charge < -0.3 is 33.5 Å². The molecular formula is C35H52O9S. The summed E-state index contributed by atoms with van der Waals surface area (Å²) in [6, 6.07) is 8.54. The molecular weight excluding hydrogens is 596 g/mol. The van der Waals surface area contributed by atoms with E-state index < -0.39 is 39.9 Å². The Morgan fingerprint density at radius 2 is 1.76 bits per heavy atom. The van der Waals surface area contributed by atoms with Crippen LogP contribution in [0.5, 0.6) is 0 Å². The predicted octanol–water partition coefficient (Wildman–Crippen LogP) is 5.02. The van der Waals surface area contributed by atoms with Crippen molar-refractivity contribution in [2.24, 2.45) is 11.8 Å². The highest BCUT2D eigenvalue weighted by atomic mass is 32.2. The van der Waals surface area contributed by atoms with Crippen molar-refractivity contribution >= 4 is 9.84 Å². The summed E-state index contributed by atoms with van der Waals surface area (Å²) < 4.78 is 65.0. The van der Waals surface area contributed by atoms with E-state index in [1.54, 1.807) is 31.4 Å². The molecule has 0 aliphatic carbocycles. The molecule has 4 fully saturated rings. The van der Waals surface area contributed by atoms with Gasteiger partial charge in [-0.05, 0) is 81.6 Å². The normalized spacial score (nSPS) is 37.0. The third-order valence-electron chi connectivity index (χ3n) is 9.94. The monoisotopic (exact) mass is 648 g/mol. The average Bonchev–Trinajstić information content (AvgIpc) is 3.66. The lowest BCUT2D eigenvalue weighted by Gasteiger charge is -2.38. The number of aliphatic hydroxyl groups is 1. The largest absolute Gasteiger partial charge is 0.396 e. The van der Waals surface area contributed by atoms with Gasteiger partial charge in [-0.2, -0.15) is 0 Å². The van der Waals surface area contributed by atoms with Crippen molar-refractivity contribution in [2.75, 3.05) is 26.1 Å². The van der Waals surface area contributed by atoms with Gasteiger partial charge in [0.2, 0.25) is 0 Å². The number of rotatable bonds is 13. The molecule has 0 saturated carbocycles. The lowest BCUT2D eigenvalue weighted by atomic mass is 9.83. The molecule has 0 spiro atoms. The molecule has 4 saturated heterocycles. The third kappa shape index (κ3) is 8.27. The molecule has 1 aromatic carbocycles. The van der Waals surface area contributed by atoms with Crippen LogP contribution in [0.4, 0.5) is 0 Å². The zero-order valence-electron chi connectivity index (χ0n) is 27.3. The van der Waals surface area contributed by atoms with E-state index in [1.807, 2.05) is 19.9 Å². The third-order valence-corrected chi connectivity index (χ3v) is 11.8. The Morgan fingerprint density at radius 3 is 2.42 bits per heavy atom. The first-order chi connectivity index (χ1) is 21.4. The lowest BCUT2D eigenvalue weighted by Crippen LogP contribution is -2.42. The number of sulfone groups is 1. The van der Waals surface area contributed by atoms with Crippen molar-refractivity contribution < 1.29 is 41.9 Å². The minimum atomic E-state index is -3.63. The molecule has 10 atom stereocenters. The van der Waals surface area contributed by atoms with Crippen molar-refractivity contribution in [1.82, 2.24) is 0 Å². The van der Waals surface area contributed by atoms with Gasteiger partial charge in [-0.1, -0.05) is 38.3 Å². The van der Waals surface area contributed by atoms with Crippen LogP contribution in [-0.2, 0) is 38.3 Å². The van der Waals surface area contributed by atoms with Crippen LogP contribution < -0.4 is 0 Å². The van der Waals surface area contributed by atoms with Gasteiger partial charge in [-0.3, -0.25) is 0 Å². The molecule has 9 nitrogen and oxygen atoms in total. The molecule has 1 N–H and O–H groups in total. The van der Waals surface area contributed by atoms with Crippen LogP contribution >= 0.6 is 0 Å². The summed E-state index contributed by atoms with van der Waals surface area (Å²) in [7, 11) is -2.03. The van der Waals surface area contributed by atoms with E-state index in [0.29, 0.717) is 13.0 Å². The van der Waals surface area contributed by atoms with Gasteiger partial charge >= 0.3 is 0 Å². The summed E-state index contributed by atoms with van der Waals surface area (Å²) in [6.07, 6.45) is 3.41. The van der Waals surface area contributed by atoms with Crippen molar-refractivity contribution in [3.63, 3.8) is 0 Å². The van der Waals surface area contributed by atoms with E-state index in [2.05, 4.69) is 20.1 Å². The molecule has 0 radical (unpaired) electrons. The first-order valence-corrected chi connectivity index (χ1v) is 18.1. The maximum absolute atomic E-state index is 13.7. The summed E-state index contributed by atoms with van der Waals surface area (Å²) in [5.41, 5.74) is 2.12. The van der Waals surface area contributed by atoms with Crippen LogP contribution in [-0.4, -0.2) is 94.2 Å². The van der Waals surface area contributed by atoms with Crippen molar-refractivity contribution in [3.05, 3.63) is 54.6 Å². The molecule has 10 heteroatoms. The van der Waals surface area contributed by atoms with Crippen molar-refractivity contribution in [3.8, 4) is 0 Å². The van der Waals surface area contributed by atoms with Crippen LogP contribution in [0, 0.1) is 11.8 Å². The number of hydrogen-bond donors (Lipinski definition) is 1. The maximum atomic E-state index is 13.7. The molecule has 4 heterocycles. The second-order valence-corrected chi connectivity index (χ2v) is 15.7. The van der Waals surface area contributed by atoms with Gasteiger partial charge in [-0.15, -0.1) is 0 Å². The van der Waals surface area contributed by atoms with Gasteiger partial charge in [0.1, 0.15) is 12.2 Å². The van der Waals surface area contributed by atoms with E-state index in [9.17, 15) is 13.5 Å². The number of hydrogen-bond acceptors (Lipinski definition) is 9. The summed E-state index contributed by atoms with van der Waals surface area (Å²) in [4.78, 5) is 0.282. The molecule has 45 heavy (non-hydrogen) atoms. The molecule has 252 valence electrons. The zero-order valence-corrected chi connectivity index (χ0v) is 28.1. The minimum Gasteiger partial charge on any atom is -0.396 e. The molecule has 5 rings (SSSR count). The SMILES string of the molecule is C=C1C[C@H](CCCO)O[C@H]1CC[C@H]1C[C@@H](C)C(=C)[C@@H](C[C@@H]2O[C@H](C3COC(C)(C)O3)[C@H](OC)[C@H]2CS(=O)(=O)c2ccccc2)O1. The Labute approximate surface area is 269 Å². The summed E-state index contributed by atoms with van der Waals surface area (Å²) in [5, 5.41) is 9.19. The van der Waals surface area contributed by atoms with Crippen LogP contribution in [0.25, 0.3) is 0 Å². The van der Waals surface area contributed by atoms with Gasteiger partial charge in [0, 0.05) is 26.1 Å². The quantitative estimate of drug-likeness (QED) is 0.295. The van der Waals surface area contributed by atoms with E-state index in [4.69, 9.17) is 28.4 Å².